The molecule has 0 N–H and O–H groups in total. The van der Waals surface area contributed by atoms with Crippen molar-refractivity contribution in [1.29, 1.82) is 0 Å². The molecule has 0 bridgehead atoms. The molecule has 0 aliphatic carbocycles. The van der Waals surface area contributed by atoms with Gasteiger partial charge in [0.2, 0.25) is 0 Å². The van der Waals surface area contributed by atoms with Crippen LogP contribution < -0.4 is 0 Å². The van der Waals surface area contributed by atoms with Crippen molar-refractivity contribution in [3.8, 4) is 0 Å². The molecule has 2 aromatic heterocycles. The first-order valence-electron chi connectivity index (χ1n) is 5.46. The SMILES string of the molecule is c1cc(C2=NOC(c3ccncc3)C2)ccn1. The molecule has 3 heterocycles. The molecule has 1 atom stereocenters. The zero-order valence-electron chi connectivity index (χ0n) is 9.15. The first-order valence-corrected chi connectivity index (χ1v) is 5.46. The van der Waals surface area contributed by atoms with Gasteiger partial charge in [-0.2, -0.15) is 0 Å². The summed E-state index contributed by atoms with van der Waals surface area (Å²) in [4.78, 5) is 13.4. The third-order valence-electron chi connectivity index (χ3n) is 2.76. The molecular formula is C13H11N3O. The fourth-order valence-electron chi connectivity index (χ4n) is 1.85. The van der Waals surface area contributed by atoms with E-state index in [2.05, 4.69) is 15.1 Å². The summed E-state index contributed by atoms with van der Waals surface area (Å²) >= 11 is 0. The number of aromatic nitrogens is 2. The molecule has 4 heteroatoms. The lowest BCUT2D eigenvalue weighted by Gasteiger charge is -2.06. The zero-order valence-corrected chi connectivity index (χ0v) is 9.15. The third-order valence-corrected chi connectivity index (χ3v) is 2.76. The molecule has 17 heavy (non-hydrogen) atoms. The number of oxime groups is 1. The van der Waals surface area contributed by atoms with Crippen LogP contribution in [0.5, 0.6) is 0 Å². The van der Waals surface area contributed by atoms with Crippen molar-refractivity contribution in [2.24, 2.45) is 5.16 Å². The van der Waals surface area contributed by atoms with E-state index in [0.29, 0.717) is 0 Å². The fourth-order valence-corrected chi connectivity index (χ4v) is 1.85. The van der Waals surface area contributed by atoms with Gasteiger partial charge in [0.05, 0.1) is 5.71 Å². The molecule has 0 fully saturated rings. The number of rotatable bonds is 2. The molecule has 2 aromatic rings. The maximum atomic E-state index is 5.45. The average Bonchev–Trinajstić information content (AvgIpc) is 2.90. The van der Waals surface area contributed by atoms with Crippen molar-refractivity contribution >= 4 is 5.71 Å². The second-order valence-electron chi connectivity index (χ2n) is 3.85. The van der Waals surface area contributed by atoms with Crippen LogP contribution in [0.1, 0.15) is 23.7 Å². The second-order valence-corrected chi connectivity index (χ2v) is 3.85. The van der Waals surface area contributed by atoms with Crippen molar-refractivity contribution in [1.82, 2.24) is 9.97 Å². The van der Waals surface area contributed by atoms with Crippen molar-refractivity contribution in [2.45, 2.75) is 12.5 Å². The third kappa shape index (κ3) is 2.01. The summed E-state index contributed by atoms with van der Waals surface area (Å²) < 4.78 is 0. The summed E-state index contributed by atoms with van der Waals surface area (Å²) in [6, 6.07) is 7.79. The molecule has 0 spiro atoms. The minimum absolute atomic E-state index is 0.00108. The van der Waals surface area contributed by atoms with Gasteiger partial charge in [0.1, 0.15) is 0 Å². The molecule has 84 valence electrons. The Balaban J connectivity index is 1.78. The van der Waals surface area contributed by atoms with Gasteiger partial charge < -0.3 is 4.84 Å². The lowest BCUT2D eigenvalue weighted by Crippen LogP contribution is -2.01. The highest BCUT2D eigenvalue weighted by Crippen LogP contribution is 2.28. The van der Waals surface area contributed by atoms with Gasteiger partial charge in [0.15, 0.2) is 6.10 Å². The number of pyridine rings is 2. The maximum absolute atomic E-state index is 5.45. The lowest BCUT2D eigenvalue weighted by atomic mass is 10.0. The molecule has 1 aliphatic rings. The molecular weight excluding hydrogens is 214 g/mol. The van der Waals surface area contributed by atoms with Crippen molar-refractivity contribution < 1.29 is 4.84 Å². The zero-order chi connectivity index (χ0) is 11.5. The van der Waals surface area contributed by atoms with Crippen LogP contribution in [0.25, 0.3) is 0 Å². The summed E-state index contributed by atoms with van der Waals surface area (Å²) in [6.07, 6.45) is 7.84. The smallest absolute Gasteiger partial charge is 0.158 e. The van der Waals surface area contributed by atoms with Crippen LogP contribution in [-0.4, -0.2) is 15.7 Å². The molecule has 3 rings (SSSR count). The summed E-state index contributed by atoms with van der Waals surface area (Å²) in [5, 5.41) is 4.13. The summed E-state index contributed by atoms with van der Waals surface area (Å²) in [5.74, 6) is 0. The molecule has 4 nitrogen and oxygen atoms in total. The normalized spacial score (nSPS) is 18.6. The van der Waals surface area contributed by atoms with Gasteiger partial charge in [-0.05, 0) is 29.8 Å². The highest BCUT2D eigenvalue weighted by atomic mass is 16.6. The van der Waals surface area contributed by atoms with Gasteiger partial charge in [-0.15, -0.1) is 0 Å². The topological polar surface area (TPSA) is 47.4 Å². The van der Waals surface area contributed by atoms with E-state index in [0.717, 1.165) is 23.3 Å². The van der Waals surface area contributed by atoms with Gasteiger partial charge in [-0.3, -0.25) is 9.97 Å². The molecule has 1 aliphatic heterocycles. The van der Waals surface area contributed by atoms with Crippen LogP contribution >= 0.6 is 0 Å². The number of nitrogens with zero attached hydrogens (tertiary/aromatic N) is 3. The Morgan fingerprint density at radius 1 is 0.941 bits per heavy atom. The Labute approximate surface area is 99.0 Å². The molecule has 0 aromatic carbocycles. The summed E-state index contributed by atoms with van der Waals surface area (Å²) in [6.45, 7) is 0. The maximum Gasteiger partial charge on any atom is 0.158 e. The van der Waals surface area contributed by atoms with E-state index in [4.69, 9.17) is 4.84 Å². The number of hydrogen-bond donors (Lipinski definition) is 0. The van der Waals surface area contributed by atoms with Crippen LogP contribution in [0.2, 0.25) is 0 Å². The molecule has 0 radical (unpaired) electrons. The quantitative estimate of drug-likeness (QED) is 0.788. The Bertz CT molecular complexity index is 525. The van der Waals surface area contributed by atoms with Gasteiger partial charge in [-0.1, -0.05) is 5.16 Å². The Morgan fingerprint density at radius 2 is 1.59 bits per heavy atom. The van der Waals surface area contributed by atoms with Gasteiger partial charge in [0, 0.05) is 36.8 Å². The predicted molar refractivity (Wildman–Crippen MR) is 63.5 cm³/mol. The molecule has 0 saturated heterocycles. The monoisotopic (exact) mass is 225 g/mol. The lowest BCUT2D eigenvalue weighted by molar-refractivity contribution is 0.0857. The highest BCUT2D eigenvalue weighted by molar-refractivity contribution is 6.01. The van der Waals surface area contributed by atoms with Gasteiger partial charge >= 0.3 is 0 Å². The van der Waals surface area contributed by atoms with E-state index in [1.165, 1.54) is 0 Å². The van der Waals surface area contributed by atoms with E-state index in [1.54, 1.807) is 24.8 Å². The Morgan fingerprint density at radius 3 is 2.29 bits per heavy atom. The van der Waals surface area contributed by atoms with E-state index in [9.17, 15) is 0 Å². The fraction of sp³-hybridized carbons (Fsp3) is 0.154. The first-order chi connectivity index (χ1) is 8.43. The Hall–Kier alpha value is -2.23. The number of hydrogen-bond acceptors (Lipinski definition) is 4. The first kappa shape index (κ1) is 9.96. The predicted octanol–water partition coefficient (Wildman–Crippen LogP) is 2.34. The van der Waals surface area contributed by atoms with Crippen LogP contribution in [0, 0.1) is 0 Å². The minimum Gasteiger partial charge on any atom is -0.387 e. The molecule has 0 saturated carbocycles. The van der Waals surface area contributed by atoms with Gasteiger partial charge in [0.25, 0.3) is 0 Å². The van der Waals surface area contributed by atoms with Crippen molar-refractivity contribution in [3.05, 3.63) is 60.2 Å². The second kappa shape index (κ2) is 4.33. The van der Waals surface area contributed by atoms with E-state index in [1.807, 2.05) is 24.3 Å². The molecule has 0 amide bonds. The van der Waals surface area contributed by atoms with Crippen LogP contribution in [0.4, 0.5) is 0 Å². The van der Waals surface area contributed by atoms with Crippen molar-refractivity contribution in [2.75, 3.05) is 0 Å². The highest BCUT2D eigenvalue weighted by Gasteiger charge is 2.23. The summed E-state index contributed by atoms with van der Waals surface area (Å²) in [5.41, 5.74) is 3.14. The summed E-state index contributed by atoms with van der Waals surface area (Å²) in [7, 11) is 0. The Kier molecular flexibility index (Phi) is 2.54. The van der Waals surface area contributed by atoms with E-state index >= 15 is 0 Å². The standard InChI is InChI=1S/C13H11N3O/c1-5-14-6-2-10(1)12-9-13(17-16-12)11-3-7-15-8-4-11/h1-8,13H,9H2. The van der Waals surface area contributed by atoms with E-state index in [-0.39, 0.29) is 6.10 Å². The minimum atomic E-state index is 0.00108. The largest absolute Gasteiger partial charge is 0.387 e. The van der Waals surface area contributed by atoms with Crippen LogP contribution in [0.15, 0.2) is 54.2 Å². The van der Waals surface area contributed by atoms with Crippen LogP contribution in [-0.2, 0) is 4.84 Å². The van der Waals surface area contributed by atoms with E-state index < -0.39 is 0 Å². The average molecular weight is 225 g/mol. The van der Waals surface area contributed by atoms with Gasteiger partial charge in [-0.25, -0.2) is 0 Å². The molecule has 1 unspecified atom stereocenters. The van der Waals surface area contributed by atoms with Crippen molar-refractivity contribution in [3.63, 3.8) is 0 Å². The van der Waals surface area contributed by atoms with Crippen LogP contribution in [0.3, 0.4) is 0 Å².